The third-order valence-corrected chi connectivity index (χ3v) is 3.27. The van der Waals surface area contributed by atoms with Gasteiger partial charge < -0.3 is 5.73 Å². The van der Waals surface area contributed by atoms with E-state index in [4.69, 9.17) is 5.73 Å². The van der Waals surface area contributed by atoms with Gasteiger partial charge >= 0.3 is 0 Å². The molecule has 1 heterocycles. The molecule has 0 fully saturated rings. The topological polar surface area (TPSA) is 73.8 Å². The molecule has 0 radical (unpaired) electrons. The van der Waals surface area contributed by atoms with Crippen molar-refractivity contribution in [3.05, 3.63) is 12.2 Å². The number of nitrogens with two attached hydrogens (primary N) is 1. The van der Waals surface area contributed by atoms with Crippen LogP contribution in [0.15, 0.2) is 6.33 Å². The van der Waals surface area contributed by atoms with Crippen LogP contribution in [0.4, 0.5) is 0 Å². The molecule has 96 valence electrons. The lowest BCUT2D eigenvalue weighted by Gasteiger charge is -2.24. The van der Waals surface area contributed by atoms with Gasteiger partial charge in [0.2, 0.25) is 0 Å². The molecular weight excluding hydrogens is 216 g/mol. The van der Waals surface area contributed by atoms with Crippen molar-refractivity contribution >= 4 is 5.78 Å². The number of nitrogens with zero attached hydrogens (tertiary/aromatic N) is 3. The Morgan fingerprint density at radius 3 is 2.53 bits per heavy atom. The molecule has 0 saturated heterocycles. The number of hydrogen-bond donors (Lipinski definition) is 1. The fourth-order valence-electron chi connectivity index (χ4n) is 1.80. The molecule has 17 heavy (non-hydrogen) atoms. The largest absolute Gasteiger partial charge is 0.319 e. The molecule has 0 amide bonds. The lowest BCUT2D eigenvalue weighted by atomic mass is 9.87. The van der Waals surface area contributed by atoms with Crippen LogP contribution >= 0.6 is 0 Å². The standard InChI is InChI=1S/C12H22N4O/c1-5-12(13,6-2)10(17)7-11-14-8-15-16(11)9(3)4/h8-9H,5-7,13H2,1-4H3. The Labute approximate surface area is 102 Å². The zero-order chi connectivity index (χ0) is 13.1. The molecule has 1 aromatic rings. The van der Waals surface area contributed by atoms with Gasteiger partial charge in [-0.05, 0) is 26.7 Å². The molecule has 0 unspecified atom stereocenters. The van der Waals surface area contributed by atoms with E-state index in [-0.39, 0.29) is 18.2 Å². The van der Waals surface area contributed by atoms with Crippen molar-refractivity contribution in [2.24, 2.45) is 5.73 Å². The summed E-state index contributed by atoms with van der Waals surface area (Å²) in [5.41, 5.74) is 5.35. The summed E-state index contributed by atoms with van der Waals surface area (Å²) in [6, 6.07) is 0.204. The van der Waals surface area contributed by atoms with Crippen molar-refractivity contribution in [1.29, 1.82) is 0 Å². The predicted octanol–water partition coefficient (Wildman–Crippen LogP) is 1.49. The quantitative estimate of drug-likeness (QED) is 0.814. The van der Waals surface area contributed by atoms with Gasteiger partial charge in [0.05, 0.1) is 12.0 Å². The molecule has 0 atom stereocenters. The van der Waals surface area contributed by atoms with Crippen LogP contribution in [0.25, 0.3) is 0 Å². The Hall–Kier alpha value is -1.23. The Kier molecular flexibility index (Phi) is 4.40. The second-order valence-electron chi connectivity index (χ2n) is 4.68. The average Bonchev–Trinajstić information content (AvgIpc) is 2.76. The third kappa shape index (κ3) is 2.91. The minimum atomic E-state index is -0.728. The van der Waals surface area contributed by atoms with Gasteiger partial charge in [-0.1, -0.05) is 13.8 Å². The van der Waals surface area contributed by atoms with Crippen molar-refractivity contribution in [2.75, 3.05) is 0 Å². The van der Waals surface area contributed by atoms with E-state index in [1.165, 1.54) is 6.33 Å². The molecule has 0 saturated carbocycles. The van der Waals surface area contributed by atoms with Crippen molar-refractivity contribution in [3.8, 4) is 0 Å². The summed E-state index contributed by atoms with van der Waals surface area (Å²) in [6.45, 7) is 7.90. The molecular formula is C12H22N4O. The van der Waals surface area contributed by atoms with Crippen molar-refractivity contribution in [3.63, 3.8) is 0 Å². The first kappa shape index (κ1) is 13.8. The first-order valence-electron chi connectivity index (χ1n) is 6.15. The van der Waals surface area contributed by atoms with Crippen LogP contribution in [0, 0.1) is 0 Å². The molecule has 0 bridgehead atoms. The third-order valence-electron chi connectivity index (χ3n) is 3.27. The van der Waals surface area contributed by atoms with Gasteiger partial charge in [0.1, 0.15) is 12.2 Å². The highest BCUT2D eigenvalue weighted by molar-refractivity contribution is 5.89. The van der Waals surface area contributed by atoms with Gasteiger partial charge in [-0.3, -0.25) is 4.79 Å². The Morgan fingerprint density at radius 2 is 2.06 bits per heavy atom. The Bertz CT molecular complexity index is 380. The molecule has 0 aliphatic heterocycles. The van der Waals surface area contributed by atoms with E-state index in [1.807, 2.05) is 27.7 Å². The van der Waals surface area contributed by atoms with E-state index < -0.39 is 5.54 Å². The van der Waals surface area contributed by atoms with E-state index >= 15 is 0 Å². The number of aromatic nitrogens is 3. The fraction of sp³-hybridized carbons (Fsp3) is 0.750. The molecule has 0 spiro atoms. The van der Waals surface area contributed by atoms with Crippen LogP contribution in [-0.4, -0.2) is 26.1 Å². The second-order valence-corrected chi connectivity index (χ2v) is 4.68. The van der Waals surface area contributed by atoms with Crippen molar-refractivity contribution in [2.45, 2.75) is 58.5 Å². The highest BCUT2D eigenvalue weighted by Crippen LogP contribution is 2.16. The number of rotatable bonds is 6. The zero-order valence-corrected chi connectivity index (χ0v) is 11.1. The Morgan fingerprint density at radius 1 is 1.47 bits per heavy atom. The van der Waals surface area contributed by atoms with Crippen LogP contribution in [0.2, 0.25) is 0 Å². The Balaban J connectivity index is 2.84. The number of Topliss-reactive ketones (excluding diaryl/α,β-unsaturated/α-hetero) is 1. The second kappa shape index (κ2) is 5.40. The van der Waals surface area contributed by atoms with E-state index in [0.29, 0.717) is 18.7 Å². The smallest absolute Gasteiger partial charge is 0.160 e. The van der Waals surface area contributed by atoms with E-state index in [9.17, 15) is 4.79 Å². The van der Waals surface area contributed by atoms with Crippen LogP contribution in [0.3, 0.4) is 0 Å². The molecule has 0 aliphatic rings. The van der Waals surface area contributed by atoms with Crippen LogP contribution < -0.4 is 5.73 Å². The highest BCUT2D eigenvalue weighted by Gasteiger charge is 2.30. The van der Waals surface area contributed by atoms with Gasteiger partial charge in [0.15, 0.2) is 5.78 Å². The summed E-state index contributed by atoms with van der Waals surface area (Å²) >= 11 is 0. The lowest BCUT2D eigenvalue weighted by Crippen LogP contribution is -2.47. The summed E-state index contributed by atoms with van der Waals surface area (Å²) < 4.78 is 1.77. The monoisotopic (exact) mass is 238 g/mol. The minimum absolute atomic E-state index is 0.0393. The van der Waals surface area contributed by atoms with Crippen LogP contribution in [0.1, 0.15) is 52.4 Å². The molecule has 1 rings (SSSR count). The maximum Gasteiger partial charge on any atom is 0.160 e. The van der Waals surface area contributed by atoms with E-state index in [1.54, 1.807) is 4.68 Å². The summed E-state index contributed by atoms with van der Waals surface area (Å²) in [6.07, 6.45) is 3.05. The first-order chi connectivity index (χ1) is 7.94. The SMILES string of the molecule is CCC(N)(CC)C(=O)Cc1ncnn1C(C)C. The lowest BCUT2D eigenvalue weighted by molar-refractivity contribution is -0.124. The van der Waals surface area contributed by atoms with Gasteiger partial charge in [0.25, 0.3) is 0 Å². The highest BCUT2D eigenvalue weighted by atomic mass is 16.1. The predicted molar refractivity (Wildman–Crippen MR) is 66.6 cm³/mol. The number of ketones is 1. The molecule has 1 aromatic heterocycles. The summed E-state index contributed by atoms with van der Waals surface area (Å²) in [4.78, 5) is 16.3. The molecule has 5 nitrogen and oxygen atoms in total. The van der Waals surface area contributed by atoms with Gasteiger partial charge in [-0.15, -0.1) is 0 Å². The maximum atomic E-state index is 12.2. The van der Waals surface area contributed by atoms with Crippen LogP contribution in [0.5, 0.6) is 0 Å². The zero-order valence-electron chi connectivity index (χ0n) is 11.1. The van der Waals surface area contributed by atoms with E-state index in [0.717, 1.165) is 0 Å². The van der Waals surface area contributed by atoms with Crippen molar-refractivity contribution < 1.29 is 4.79 Å². The normalized spacial score (nSPS) is 12.1. The van der Waals surface area contributed by atoms with E-state index in [2.05, 4.69) is 10.1 Å². The van der Waals surface area contributed by atoms with Crippen LogP contribution in [-0.2, 0) is 11.2 Å². The summed E-state index contributed by atoms with van der Waals surface area (Å²) in [7, 11) is 0. The molecule has 0 aromatic carbocycles. The average molecular weight is 238 g/mol. The first-order valence-corrected chi connectivity index (χ1v) is 6.15. The molecule has 0 aliphatic carbocycles. The minimum Gasteiger partial charge on any atom is -0.319 e. The van der Waals surface area contributed by atoms with Gasteiger partial charge in [-0.2, -0.15) is 5.10 Å². The van der Waals surface area contributed by atoms with Gasteiger partial charge in [0, 0.05) is 6.04 Å². The number of carbonyl (C=O) groups is 1. The summed E-state index contributed by atoms with van der Waals surface area (Å²) in [5, 5.41) is 4.11. The molecule has 2 N–H and O–H groups in total. The number of hydrogen-bond acceptors (Lipinski definition) is 4. The van der Waals surface area contributed by atoms with Gasteiger partial charge in [-0.25, -0.2) is 9.67 Å². The fourth-order valence-corrected chi connectivity index (χ4v) is 1.80. The summed E-state index contributed by atoms with van der Waals surface area (Å²) in [5.74, 6) is 0.735. The molecule has 5 heteroatoms. The maximum absolute atomic E-state index is 12.2. The number of carbonyl (C=O) groups excluding carboxylic acids is 1. The van der Waals surface area contributed by atoms with Crippen molar-refractivity contribution in [1.82, 2.24) is 14.8 Å².